The van der Waals surface area contributed by atoms with Crippen LogP contribution in [-0.2, 0) is 4.79 Å². The van der Waals surface area contributed by atoms with Crippen LogP contribution in [0, 0.1) is 6.92 Å². The summed E-state index contributed by atoms with van der Waals surface area (Å²) in [5.41, 5.74) is 2.06. The number of aryl methyl sites for hydroxylation is 1. The summed E-state index contributed by atoms with van der Waals surface area (Å²) in [6.45, 7) is 2.00. The average Bonchev–Trinajstić information content (AvgIpc) is 2.04. The van der Waals surface area contributed by atoms with Crippen LogP contribution in [0.3, 0.4) is 0 Å². The van der Waals surface area contributed by atoms with Gasteiger partial charge in [0.15, 0.2) is 0 Å². The molecule has 64 valence electrons. The molecular weight excluding hydrogens is 239 g/mol. The van der Waals surface area contributed by atoms with Gasteiger partial charge in [-0.1, -0.05) is 45.8 Å². The first kappa shape index (κ1) is 9.75. The third kappa shape index (κ3) is 2.32. The zero-order chi connectivity index (χ0) is 9.14. The molecule has 0 spiro atoms. The molecule has 3 heteroatoms. The molecular formula is C9H8BrClO. The Morgan fingerprint density at radius 3 is 2.33 bits per heavy atom. The molecule has 12 heavy (non-hydrogen) atoms. The van der Waals surface area contributed by atoms with Crippen molar-refractivity contribution in [3.8, 4) is 0 Å². The van der Waals surface area contributed by atoms with Gasteiger partial charge in [0.25, 0.3) is 0 Å². The smallest absolute Gasteiger partial charge is 0.239 e. The van der Waals surface area contributed by atoms with Crippen molar-refractivity contribution in [2.45, 2.75) is 11.8 Å². The quantitative estimate of drug-likeness (QED) is 0.579. The minimum absolute atomic E-state index is 0.389. The van der Waals surface area contributed by atoms with Gasteiger partial charge in [-0.25, -0.2) is 0 Å². The van der Waals surface area contributed by atoms with E-state index in [9.17, 15) is 4.79 Å². The van der Waals surface area contributed by atoms with Crippen LogP contribution >= 0.6 is 27.5 Å². The summed E-state index contributed by atoms with van der Waals surface area (Å²) >= 11 is 8.51. The van der Waals surface area contributed by atoms with Gasteiger partial charge >= 0.3 is 0 Å². The van der Waals surface area contributed by atoms with Gasteiger partial charge in [-0.05, 0) is 24.1 Å². The van der Waals surface area contributed by atoms with Crippen LogP contribution in [0.2, 0.25) is 0 Å². The van der Waals surface area contributed by atoms with Crippen LogP contribution < -0.4 is 0 Å². The molecule has 0 amide bonds. The molecule has 0 N–H and O–H groups in total. The van der Waals surface area contributed by atoms with E-state index in [2.05, 4.69) is 15.9 Å². The maximum absolute atomic E-state index is 10.7. The third-order valence-corrected chi connectivity index (χ3v) is 3.00. The van der Waals surface area contributed by atoms with Crippen LogP contribution in [0.4, 0.5) is 0 Å². The Balaban J connectivity index is 2.89. The van der Waals surface area contributed by atoms with Gasteiger partial charge < -0.3 is 0 Å². The van der Waals surface area contributed by atoms with Gasteiger partial charge in [0.05, 0.1) is 0 Å². The highest BCUT2D eigenvalue weighted by molar-refractivity contribution is 9.09. The molecule has 0 fully saturated rings. The van der Waals surface area contributed by atoms with E-state index in [1.54, 1.807) is 0 Å². The summed E-state index contributed by atoms with van der Waals surface area (Å²) in [5, 5.41) is -0.390. The summed E-state index contributed by atoms with van der Waals surface area (Å²) < 4.78 is 0. The molecule has 0 saturated heterocycles. The molecule has 0 bridgehead atoms. The first-order valence-electron chi connectivity index (χ1n) is 3.51. The molecule has 1 rings (SSSR count). The first-order chi connectivity index (χ1) is 5.61. The molecule has 0 saturated carbocycles. The number of hydrogen-bond acceptors (Lipinski definition) is 1. The van der Waals surface area contributed by atoms with Crippen molar-refractivity contribution in [1.82, 2.24) is 0 Å². The molecule has 1 atom stereocenters. The number of carbonyl (C=O) groups is 1. The van der Waals surface area contributed by atoms with Gasteiger partial charge in [0.2, 0.25) is 5.24 Å². The van der Waals surface area contributed by atoms with E-state index in [0.717, 1.165) is 5.56 Å². The van der Waals surface area contributed by atoms with Crippen LogP contribution in [0.25, 0.3) is 0 Å². The van der Waals surface area contributed by atoms with Crippen LogP contribution in [0.5, 0.6) is 0 Å². The predicted molar refractivity (Wildman–Crippen MR) is 53.7 cm³/mol. The lowest BCUT2D eigenvalue weighted by Gasteiger charge is -2.04. The summed E-state index contributed by atoms with van der Waals surface area (Å²) in [6, 6.07) is 7.66. The third-order valence-electron chi connectivity index (χ3n) is 1.57. The minimum atomic E-state index is -0.390. The molecule has 1 nitrogen and oxygen atoms in total. The number of carbonyl (C=O) groups excluding carboxylic acids is 1. The zero-order valence-corrected chi connectivity index (χ0v) is 8.89. The van der Waals surface area contributed by atoms with Crippen LogP contribution in [-0.4, -0.2) is 5.24 Å². The van der Waals surface area contributed by atoms with Crippen LogP contribution in [0.1, 0.15) is 16.0 Å². The van der Waals surface area contributed by atoms with Crippen molar-refractivity contribution in [3.05, 3.63) is 35.4 Å². The number of rotatable bonds is 2. The largest absolute Gasteiger partial charge is 0.280 e. The Hall–Kier alpha value is -0.340. The molecule has 0 radical (unpaired) electrons. The van der Waals surface area contributed by atoms with E-state index in [4.69, 9.17) is 11.6 Å². The Morgan fingerprint density at radius 2 is 1.92 bits per heavy atom. The van der Waals surface area contributed by atoms with Crippen molar-refractivity contribution < 1.29 is 4.79 Å². The maximum Gasteiger partial charge on any atom is 0.239 e. The topological polar surface area (TPSA) is 17.1 Å². The van der Waals surface area contributed by atoms with Crippen molar-refractivity contribution in [3.63, 3.8) is 0 Å². The van der Waals surface area contributed by atoms with Gasteiger partial charge in [-0.3, -0.25) is 4.79 Å². The van der Waals surface area contributed by atoms with Crippen molar-refractivity contribution >= 4 is 32.8 Å². The highest BCUT2D eigenvalue weighted by atomic mass is 79.9. The average molecular weight is 248 g/mol. The lowest BCUT2D eigenvalue weighted by atomic mass is 10.1. The number of hydrogen-bond donors (Lipinski definition) is 0. The Labute approximate surface area is 84.9 Å². The van der Waals surface area contributed by atoms with Gasteiger partial charge in [-0.15, -0.1) is 0 Å². The van der Waals surface area contributed by atoms with E-state index in [0.29, 0.717) is 0 Å². The van der Waals surface area contributed by atoms with E-state index in [1.807, 2.05) is 31.2 Å². The molecule has 1 unspecified atom stereocenters. The molecule has 0 aliphatic rings. The monoisotopic (exact) mass is 246 g/mol. The summed E-state index contributed by atoms with van der Waals surface area (Å²) in [4.78, 5) is 10.4. The lowest BCUT2D eigenvalue weighted by molar-refractivity contribution is -0.111. The second-order valence-electron chi connectivity index (χ2n) is 2.58. The summed E-state index contributed by atoms with van der Waals surface area (Å²) in [6.07, 6.45) is 0. The maximum atomic E-state index is 10.7. The molecule has 0 aliphatic heterocycles. The summed E-state index contributed by atoms with van der Waals surface area (Å²) in [5.74, 6) is 0. The fourth-order valence-corrected chi connectivity index (χ4v) is 1.30. The van der Waals surface area contributed by atoms with Gasteiger partial charge in [0.1, 0.15) is 4.83 Å². The Kier molecular flexibility index (Phi) is 3.29. The first-order valence-corrected chi connectivity index (χ1v) is 4.80. The summed E-state index contributed by atoms with van der Waals surface area (Å²) in [7, 11) is 0. The highest BCUT2D eigenvalue weighted by Crippen LogP contribution is 2.25. The second kappa shape index (κ2) is 4.06. The zero-order valence-electron chi connectivity index (χ0n) is 6.55. The highest BCUT2D eigenvalue weighted by Gasteiger charge is 2.13. The number of halogens is 2. The standard InChI is InChI=1S/C9H8BrClO/c1-6-2-4-7(5-3-6)8(10)9(11)12/h2-5,8H,1H3. The predicted octanol–water partition coefficient (Wildman–Crippen LogP) is 3.20. The fraction of sp³-hybridized carbons (Fsp3) is 0.222. The molecule has 0 heterocycles. The second-order valence-corrected chi connectivity index (χ2v) is 3.87. The lowest BCUT2D eigenvalue weighted by Crippen LogP contribution is -1.97. The number of benzene rings is 1. The molecule has 0 aliphatic carbocycles. The normalized spacial score (nSPS) is 12.6. The van der Waals surface area contributed by atoms with Crippen LogP contribution in [0.15, 0.2) is 24.3 Å². The van der Waals surface area contributed by atoms with E-state index < -0.39 is 0 Å². The van der Waals surface area contributed by atoms with E-state index in [-0.39, 0.29) is 10.1 Å². The number of alkyl halides is 1. The Morgan fingerprint density at radius 1 is 1.42 bits per heavy atom. The van der Waals surface area contributed by atoms with Crippen molar-refractivity contribution in [1.29, 1.82) is 0 Å². The van der Waals surface area contributed by atoms with Crippen molar-refractivity contribution in [2.75, 3.05) is 0 Å². The minimum Gasteiger partial charge on any atom is -0.280 e. The van der Waals surface area contributed by atoms with Gasteiger partial charge in [-0.2, -0.15) is 0 Å². The molecule has 1 aromatic carbocycles. The molecule has 0 aromatic heterocycles. The molecule has 1 aromatic rings. The van der Waals surface area contributed by atoms with Gasteiger partial charge in [0, 0.05) is 0 Å². The fourth-order valence-electron chi connectivity index (χ4n) is 0.866. The van der Waals surface area contributed by atoms with Crippen molar-refractivity contribution in [2.24, 2.45) is 0 Å². The Bertz CT molecular complexity index is 281. The van der Waals surface area contributed by atoms with E-state index in [1.165, 1.54) is 5.56 Å². The SMILES string of the molecule is Cc1ccc(C(Br)C(=O)Cl)cc1. The van der Waals surface area contributed by atoms with E-state index >= 15 is 0 Å².